The molecule has 1 heterocycles. The highest BCUT2D eigenvalue weighted by atomic mass is 32.2. The fraction of sp³-hybridized carbons (Fsp3) is 0.500. The molecule has 4 rings (SSSR count). The van der Waals surface area contributed by atoms with Crippen LogP contribution in [-0.4, -0.2) is 37.4 Å². The van der Waals surface area contributed by atoms with Crippen LogP contribution in [0.25, 0.3) is 0 Å². The van der Waals surface area contributed by atoms with Gasteiger partial charge >= 0.3 is 0 Å². The van der Waals surface area contributed by atoms with Crippen molar-refractivity contribution in [2.24, 2.45) is 0 Å². The van der Waals surface area contributed by atoms with E-state index in [0.717, 1.165) is 38.2 Å². The van der Waals surface area contributed by atoms with E-state index in [9.17, 15) is 0 Å². The van der Waals surface area contributed by atoms with Crippen molar-refractivity contribution in [1.82, 2.24) is 4.90 Å². The van der Waals surface area contributed by atoms with E-state index >= 15 is 0 Å². The second-order valence-electron chi connectivity index (χ2n) is 7.80. The molecule has 1 aliphatic heterocycles. The standard InChI is InChI=1S/C24H31NOS/c1-3-25(14-12-18-10-11-24-19(16-18)13-15-27-24)17-20-6-4-8-22-21(20)7-5-9-23(22)26-2/h5,7,9-11,16,20H,3-4,6,8,12-15,17H2,1-2H3/t20-/m0/s1. The molecule has 0 saturated carbocycles. The molecule has 2 nitrogen and oxygen atoms in total. The van der Waals surface area contributed by atoms with Gasteiger partial charge in [0.05, 0.1) is 7.11 Å². The molecule has 0 N–H and O–H groups in total. The third-order valence-electron chi connectivity index (χ3n) is 6.20. The molecule has 0 spiro atoms. The Kier molecular flexibility index (Phi) is 6.09. The predicted octanol–water partition coefficient (Wildman–Crippen LogP) is 5.33. The van der Waals surface area contributed by atoms with Crippen LogP contribution < -0.4 is 4.74 Å². The lowest BCUT2D eigenvalue weighted by atomic mass is 9.82. The minimum atomic E-state index is 0.639. The van der Waals surface area contributed by atoms with E-state index in [0.29, 0.717) is 5.92 Å². The molecular formula is C24H31NOS. The molecule has 0 radical (unpaired) electrons. The SMILES string of the molecule is CCN(CCc1ccc2c(c1)CCS2)C[C@@H]1CCCc2c(OC)cccc21. The first-order chi connectivity index (χ1) is 13.3. The lowest BCUT2D eigenvalue weighted by molar-refractivity contribution is 0.261. The van der Waals surface area contributed by atoms with Crippen molar-refractivity contribution >= 4 is 11.8 Å². The molecule has 2 aromatic carbocycles. The number of ether oxygens (including phenoxy) is 1. The Hall–Kier alpha value is -1.45. The fourth-order valence-electron chi connectivity index (χ4n) is 4.67. The summed E-state index contributed by atoms with van der Waals surface area (Å²) in [5.74, 6) is 2.97. The summed E-state index contributed by atoms with van der Waals surface area (Å²) >= 11 is 2.00. The van der Waals surface area contributed by atoms with Gasteiger partial charge in [0.2, 0.25) is 0 Å². The number of aryl methyl sites for hydroxylation is 1. The van der Waals surface area contributed by atoms with Crippen molar-refractivity contribution in [3.8, 4) is 5.75 Å². The van der Waals surface area contributed by atoms with Gasteiger partial charge in [-0.15, -0.1) is 11.8 Å². The molecule has 1 atom stereocenters. The molecule has 0 fully saturated rings. The largest absolute Gasteiger partial charge is 0.496 e. The van der Waals surface area contributed by atoms with Crippen molar-refractivity contribution in [1.29, 1.82) is 0 Å². The number of methoxy groups -OCH3 is 1. The monoisotopic (exact) mass is 381 g/mol. The van der Waals surface area contributed by atoms with Gasteiger partial charge < -0.3 is 9.64 Å². The Morgan fingerprint density at radius 2 is 2.11 bits per heavy atom. The van der Waals surface area contributed by atoms with E-state index in [1.165, 1.54) is 46.6 Å². The molecule has 0 aromatic heterocycles. The van der Waals surface area contributed by atoms with E-state index in [2.05, 4.69) is 48.2 Å². The topological polar surface area (TPSA) is 12.5 Å². The predicted molar refractivity (Wildman–Crippen MR) is 115 cm³/mol. The molecule has 27 heavy (non-hydrogen) atoms. The van der Waals surface area contributed by atoms with E-state index < -0.39 is 0 Å². The van der Waals surface area contributed by atoms with Crippen LogP contribution in [-0.2, 0) is 19.3 Å². The molecular weight excluding hydrogens is 350 g/mol. The van der Waals surface area contributed by atoms with Gasteiger partial charge in [-0.1, -0.05) is 31.2 Å². The first kappa shape index (κ1) is 18.9. The Balaban J connectivity index is 1.41. The average Bonchev–Trinajstić information content (AvgIpc) is 3.18. The molecule has 0 bridgehead atoms. The first-order valence-corrected chi connectivity index (χ1v) is 11.4. The minimum absolute atomic E-state index is 0.639. The number of benzene rings is 2. The number of nitrogens with zero attached hydrogens (tertiary/aromatic N) is 1. The highest BCUT2D eigenvalue weighted by Gasteiger charge is 2.24. The Morgan fingerprint density at radius 3 is 2.96 bits per heavy atom. The molecule has 0 saturated heterocycles. The van der Waals surface area contributed by atoms with Gasteiger partial charge in [0.1, 0.15) is 5.75 Å². The normalized spacial score (nSPS) is 18.4. The summed E-state index contributed by atoms with van der Waals surface area (Å²) in [6.45, 7) is 5.74. The third kappa shape index (κ3) is 4.20. The fourth-order valence-corrected chi connectivity index (χ4v) is 5.72. The van der Waals surface area contributed by atoms with Gasteiger partial charge in [-0.3, -0.25) is 0 Å². The highest BCUT2D eigenvalue weighted by Crippen LogP contribution is 2.37. The minimum Gasteiger partial charge on any atom is -0.496 e. The maximum absolute atomic E-state index is 5.62. The number of hydrogen-bond acceptors (Lipinski definition) is 3. The van der Waals surface area contributed by atoms with Crippen LogP contribution in [0.5, 0.6) is 5.75 Å². The summed E-state index contributed by atoms with van der Waals surface area (Å²) in [5, 5.41) is 0. The van der Waals surface area contributed by atoms with Crippen LogP contribution in [0.2, 0.25) is 0 Å². The summed E-state index contributed by atoms with van der Waals surface area (Å²) in [6.07, 6.45) is 6.13. The van der Waals surface area contributed by atoms with Gasteiger partial charge in [-0.05, 0) is 79.0 Å². The Bertz CT molecular complexity index is 788. The second kappa shape index (κ2) is 8.70. The van der Waals surface area contributed by atoms with Gasteiger partial charge in [0.25, 0.3) is 0 Å². The average molecular weight is 382 g/mol. The summed E-state index contributed by atoms with van der Waals surface area (Å²) in [7, 11) is 1.80. The van der Waals surface area contributed by atoms with E-state index in [1.807, 2.05) is 11.8 Å². The molecule has 3 heteroatoms. The Labute approximate surface area is 168 Å². The van der Waals surface area contributed by atoms with E-state index in [1.54, 1.807) is 12.7 Å². The van der Waals surface area contributed by atoms with Crippen molar-refractivity contribution < 1.29 is 4.74 Å². The zero-order valence-corrected chi connectivity index (χ0v) is 17.5. The summed E-state index contributed by atoms with van der Waals surface area (Å²) in [5.41, 5.74) is 6.03. The number of likely N-dealkylation sites (N-methyl/N-ethyl adjacent to an activating group) is 1. The van der Waals surface area contributed by atoms with Gasteiger partial charge in [-0.2, -0.15) is 0 Å². The summed E-state index contributed by atoms with van der Waals surface area (Å²) in [6, 6.07) is 13.7. The van der Waals surface area contributed by atoms with Gasteiger partial charge in [0.15, 0.2) is 0 Å². The molecule has 2 aromatic rings. The summed E-state index contributed by atoms with van der Waals surface area (Å²) in [4.78, 5) is 4.14. The van der Waals surface area contributed by atoms with Crippen molar-refractivity contribution in [2.75, 3.05) is 32.5 Å². The maximum atomic E-state index is 5.62. The quantitative estimate of drug-likeness (QED) is 0.643. The lowest BCUT2D eigenvalue weighted by Crippen LogP contribution is -2.32. The number of fused-ring (bicyclic) bond motifs is 2. The van der Waals surface area contributed by atoms with Crippen molar-refractivity contribution in [2.45, 2.75) is 49.8 Å². The van der Waals surface area contributed by atoms with Gasteiger partial charge in [0, 0.05) is 23.7 Å². The maximum Gasteiger partial charge on any atom is 0.122 e. The van der Waals surface area contributed by atoms with Crippen LogP contribution in [0.4, 0.5) is 0 Å². The molecule has 0 amide bonds. The molecule has 1 aliphatic carbocycles. The van der Waals surface area contributed by atoms with E-state index in [-0.39, 0.29) is 0 Å². The molecule has 144 valence electrons. The van der Waals surface area contributed by atoms with Crippen LogP contribution in [0.3, 0.4) is 0 Å². The number of rotatable bonds is 7. The van der Waals surface area contributed by atoms with Crippen LogP contribution in [0, 0.1) is 0 Å². The number of thioether (sulfide) groups is 1. The Morgan fingerprint density at radius 1 is 1.19 bits per heavy atom. The number of hydrogen-bond donors (Lipinski definition) is 0. The zero-order chi connectivity index (χ0) is 18.6. The van der Waals surface area contributed by atoms with E-state index in [4.69, 9.17) is 4.74 Å². The first-order valence-electron chi connectivity index (χ1n) is 10.4. The van der Waals surface area contributed by atoms with Crippen LogP contribution >= 0.6 is 11.8 Å². The second-order valence-corrected chi connectivity index (χ2v) is 8.94. The summed E-state index contributed by atoms with van der Waals surface area (Å²) < 4.78 is 5.62. The van der Waals surface area contributed by atoms with Crippen molar-refractivity contribution in [3.05, 3.63) is 58.7 Å². The lowest BCUT2D eigenvalue weighted by Gasteiger charge is -2.31. The van der Waals surface area contributed by atoms with Gasteiger partial charge in [-0.25, -0.2) is 0 Å². The molecule has 0 unspecified atom stereocenters. The smallest absolute Gasteiger partial charge is 0.122 e. The highest BCUT2D eigenvalue weighted by molar-refractivity contribution is 7.99. The third-order valence-corrected chi connectivity index (χ3v) is 7.32. The zero-order valence-electron chi connectivity index (χ0n) is 16.7. The van der Waals surface area contributed by atoms with Crippen LogP contribution in [0.15, 0.2) is 41.3 Å². The van der Waals surface area contributed by atoms with Crippen molar-refractivity contribution in [3.63, 3.8) is 0 Å². The molecule has 2 aliphatic rings. The van der Waals surface area contributed by atoms with Crippen LogP contribution in [0.1, 0.15) is 47.9 Å².